The maximum absolute atomic E-state index is 13.3. The number of rotatable bonds is 6. The smallest absolute Gasteiger partial charge is 0.283 e. The van der Waals surface area contributed by atoms with E-state index >= 15 is 0 Å². The predicted octanol–water partition coefficient (Wildman–Crippen LogP) is 5.11. The second kappa shape index (κ2) is 9.60. The Labute approximate surface area is 198 Å². The van der Waals surface area contributed by atoms with Crippen LogP contribution in [0.25, 0.3) is 6.08 Å². The largest absolute Gasteiger partial charge is 0.495 e. The van der Waals surface area contributed by atoms with E-state index in [1.165, 1.54) is 23.3 Å². The molecule has 1 aliphatic rings. The number of ether oxygens (including phenoxy) is 1. The number of amidine groups is 1. The molecule has 0 saturated heterocycles. The zero-order chi connectivity index (χ0) is 22.7. The van der Waals surface area contributed by atoms with Gasteiger partial charge in [0.05, 0.1) is 17.8 Å². The van der Waals surface area contributed by atoms with E-state index in [1.807, 2.05) is 47.8 Å². The number of nitrogens with zero attached hydrogens (tertiary/aromatic N) is 2. The fraction of sp³-hybridized carbons (Fsp3) is 0.0870. The molecule has 0 radical (unpaired) electrons. The van der Waals surface area contributed by atoms with Crippen LogP contribution in [0.3, 0.4) is 0 Å². The van der Waals surface area contributed by atoms with Gasteiger partial charge in [-0.25, -0.2) is 4.99 Å². The Balaban J connectivity index is 1.76. The van der Waals surface area contributed by atoms with Crippen LogP contribution in [0.2, 0.25) is 5.02 Å². The molecule has 2 amide bonds. The number of thioether (sulfide) groups is 1. The second-order valence-corrected chi connectivity index (χ2v) is 9.17. The third kappa shape index (κ3) is 4.57. The third-order valence-electron chi connectivity index (χ3n) is 4.63. The summed E-state index contributed by atoms with van der Waals surface area (Å²) in [5.41, 5.74) is 7.20. The van der Waals surface area contributed by atoms with Crippen molar-refractivity contribution in [3.05, 3.63) is 87.2 Å². The molecule has 0 spiro atoms. The highest BCUT2D eigenvalue weighted by molar-refractivity contribution is 8.15. The van der Waals surface area contributed by atoms with E-state index in [2.05, 4.69) is 4.99 Å². The van der Waals surface area contributed by atoms with Crippen LogP contribution in [0.5, 0.6) is 5.75 Å². The molecule has 1 unspecified atom stereocenters. The second-order valence-electron chi connectivity index (χ2n) is 6.71. The van der Waals surface area contributed by atoms with Gasteiger partial charge >= 0.3 is 0 Å². The third-order valence-corrected chi connectivity index (χ3v) is 6.97. The number of primary amides is 1. The average molecular weight is 484 g/mol. The van der Waals surface area contributed by atoms with Crippen molar-refractivity contribution in [2.24, 2.45) is 10.7 Å². The number of hydrogen-bond acceptors (Lipinski definition) is 6. The molecular formula is C23H18ClN3O3S2. The summed E-state index contributed by atoms with van der Waals surface area (Å²) < 4.78 is 5.22. The lowest BCUT2D eigenvalue weighted by atomic mass is 10.1. The number of carbonyl (C=O) groups is 2. The predicted molar refractivity (Wildman–Crippen MR) is 131 cm³/mol. The van der Waals surface area contributed by atoms with Gasteiger partial charge in [0, 0.05) is 4.88 Å². The zero-order valence-electron chi connectivity index (χ0n) is 16.9. The first-order chi connectivity index (χ1) is 15.5. The SMILES string of the molecule is COc1ccc(N2C(=O)/C(=C\c3cccs3)N=C2SC(C(N)=O)c2ccccc2)cc1Cl. The minimum Gasteiger partial charge on any atom is -0.495 e. The quantitative estimate of drug-likeness (QED) is 0.493. The van der Waals surface area contributed by atoms with Crippen molar-refractivity contribution >= 4 is 63.4 Å². The summed E-state index contributed by atoms with van der Waals surface area (Å²) in [6.07, 6.45) is 1.72. The molecule has 162 valence electrons. The maximum Gasteiger partial charge on any atom is 0.283 e. The van der Waals surface area contributed by atoms with Crippen LogP contribution in [0.15, 0.2) is 76.7 Å². The fourth-order valence-electron chi connectivity index (χ4n) is 3.13. The van der Waals surface area contributed by atoms with E-state index in [4.69, 9.17) is 22.1 Å². The van der Waals surface area contributed by atoms with Gasteiger partial charge < -0.3 is 10.5 Å². The number of aliphatic imine (C=N–C) groups is 1. The van der Waals surface area contributed by atoms with E-state index in [-0.39, 0.29) is 11.6 Å². The molecule has 1 aliphatic heterocycles. The summed E-state index contributed by atoms with van der Waals surface area (Å²) in [6.45, 7) is 0. The zero-order valence-corrected chi connectivity index (χ0v) is 19.3. The highest BCUT2D eigenvalue weighted by Crippen LogP contribution is 2.38. The molecule has 0 fully saturated rings. The minimum atomic E-state index is -0.722. The highest BCUT2D eigenvalue weighted by Gasteiger charge is 2.35. The Morgan fingerprint density at radius 2 is 2.00 bits per heavy atom. The van der Waals surface area contributed by atoms with Crippen molar-refractivity contribution in [1.82, 2.24) is 0 Å². The molecule has 1 atom stereocenters. The van der Waals surface area contributed by atoms with Crippen LogP contribution in [0.4, 0.5) is 5.69 Å². The Hall–Kier alpha value is -3.07. The molecule has 0 bridgehead atoms. The van der Waals surface area contributed by atoms with E-state index in [0.29, 0.717) is 21.6 Å². The first kappa shape index (κ1) is 22.1. The summed E-state index contributed by atoms with van der Waals surface area (Å²) in [5, 5.41) is 1.89. The average Bonchev–Trinajstić information content (AvgIpc) is 3.40. The Kier molecular flexibility index (Phi) is 6.64. The molecule has 1 aromatic heterocycles. The van der Waals surface area contributed by atoms with Gasteiger partial charge in [-0.2, -0.15) is 0 Å². The molecule has 9 heteroatoms. The van der Waals surface area contributed by atoms with Gasteiger partial charge in [-0.1, -0.05) is 59.8 Å². The monoisotopic (exact) mass is 483 g/mol. The lowest BCUT2D eigenvalue weighted by molar-refractivity contribution is -0.117. The first-order valence-electron chi connectivity index (χ1n) is 9.50. The van der Waals surface area contributed by atoms with Crippen LogP contribution in [-0.4, -0.2) is 24.1 Å². The molecule has 6 nitrogen and oxygen atoms in total. The molecular weight excluding hydrogens is 466 g/mol. The highest BCUT2D eigenvalue weighted by atomic mass is 35.5. The van der Waals surface area contributed by atoms with Crippen LogP contribution in [0.1, 0.15) is 15.7 Å². The van der Waals surface area contributed by atoms with Crippen molar-refractivity contribution in [2.45, 2.75) is 5.25 Å². The number of hydrogen-bond donors (Lipinski definition) is 1. The van der Waals surface area contributed by atoms with Crippen LogP contribution < -0.4 is 15.4 Å². The number of benzene rings is 2. The molecule has 0 aliphatic carbocycles. The molecule has 4 rings (SSSR count). The number of thiophene rings is 1. The van der Waals surface area contributed by atoms with Crippen molar-refractivity contribution in [3.63, 3.8) is 0 Å². The van der Waals surface area contributed by atoms with Crippen molar-refractivity contribution in [3.8, 4) is 5.75 Å². The topological polar surface area (TPSA) is 85.0 Å². The van der Waals surface area contributed by atoms with E-state index < -0.39 is 11.2 Å². The molecule has 2 aromatic carbocycles. The number of anilines is 1. The number of carbonyl (C=O) groups excluding carboxylic acids is 2. The van der Waals surface area contributed by atoms with Gasteiger partial charge in [-0.05, 0) is 41.3 Å². The lowest BCUT2D eigenvalue weighted by Gasteiger charge is -2.21. The lowest BCUT2D eigenvalue weighted by Crippen LogP contribution is -2.32. The van der Waals surface area contributed by atoms with Crippen molar-refractivity contribution < 1.29 is 14.3 Å². The molecule has 2 N–H and O–H groups in total. The Morgan fingerprint density at radius 1 is 1.22 bits per heavy atom. The maximum atomic E-state index is 13.3. The fourth-order valence-corrected chi connectivity index (χ4v) is 5.10. The molecule has 0 saturated carbocycles. The standard InChI is InChI=1S/C23H18ClN3O3S2/c1-30-19-10-9-15(12-17(19)24)27-22(29)18(13-16-8-5-11-31-16)26-23(27)32-20(21(25)28)14-6-3-2-4-7-14/h2-13,20H,1H3,(H2,25,28)/b18-13+. The van der Waals surface area contributed by atoms with E-state index in [0.717, 1.165) is 22.2 Å². The van der Waals surface area contributed by atoms with Gasteiger partial charge in [-0.3, -0.25) is 14.5 Å². The van der Waals surface area contributed by atoms with Crippen LogP contribution in [0, 0.1) is 0 Å². The van der Waals surface area contributed by atoms with Crippen LogP contribution >= 0.6 is 34.7 Å². The number of nitrogens with two attached hydrogens (primary N) is 1. The van der Waals surface area contributed by atoms with Crippen molar-refractivity contribution in [2.75, 3.05) is 12.0 Å². The summed E-state index contributed by atoms with van der Waals surface area (Å²) in [4.78, 5) is 32.5. The van der Waals surface area contributed by atoms with Crippen LogP contribution in [-0.2, 0) is 9.59 Å². The summed E-state index contributed by atoms with van der Waals surface area (Å²) in [7, 11) is 1.52. The van der Waals surface area contributed by atoms with E-state index in [9.17, 15) is 9.59 Å². The molecule has 32 heavy (non-hydrogen) atoms. The van der Waals surface area contributed by atoms with E-state index in [1.54, 1.807) is 24.3 Å². The Morgan fingerprint density at radius 3 is 2.62 bits per heavy atom. The number of methoxy groups -OCH3 is 1. The van der Waals surface area contributed by atoms with Gasteiger partial charge in [0.2, 0.25) is 5.91 Å². The molecule has 2 heterocycles. The molecule has 3 aromatic rings. The van der Waals surface area contributed by atoms with Gasteiger partial charge in [0.1, 0.15) is 16.7 Å². The summed E-state index contributed by atoms with van der Waals surface area (Å²) >= 11 is 8.93. The van der Waals surface area contributed by atoms with Crippen molar-refractivity contribution in [1.29, 1.82) is 0 Å². The normalized spacial score (nSPS) is 15.7. The van der Waals surface area contributed by atoms with Gasteiger partial charge in [0.15, 0.2) is 5.17 Å². The summed E-state index contributed by atoms with van der Waals surface area (Å²) in [5.74, 6) is -0.361. The Bertz CT molecular complexity index is 1210. The minimum absolute atomic E-state index is 0.262. The summed E-state index contributed by atoms with van der Waals surface area (Å²) in [6, 6.07) is 18.0. The van der Waals surface area contributed by atoms with Gasteiger partial charge in [-0.15, -0.1) is 11.3 Å². The number of amides is 2. The first-order valence-corrected chi connectivity index (χ1v) is 11.6. The number of halogens is 1. The van der Waals surface area contributed by atoms with Gasteiger partial charge in [0.25, 0.3) is 5.91 Å².